The van der Waals surface area contributed by atoms with Crippen molar-refractivity contribution >= 4 is 12.0 Å². The minimum absolute atomic E-state index is 0.116. The van der Waals surface area contributed by atoms with Crippen molar-refractivity contribution in [3.05, 3.63) is 41.7 Å². The number of amides is 2. The number of para-hydroxylation sites is 1. The highest BCUT2D eigenvalue weighted by Crippen LogP contribution is 2.07. The van der Waals surface area contributed by atoms with Crippen molar-refractivity contribution in [2.24, 2.45) is 0 Å². The van der Waals surface area contributed by atoms with Crippen molar-refractivity contribution < 1.29 is 14.3 Å². The van der Waals surface area contributed by atoms with Crippen LogP contribution in [0.3, 0.4) is 0 Å². The molecule has 1 aromatic carbocycles. The number of hydrogen-bond acceptors (Lipinski definition) is 5. The topological polar surface area (TPSA) is 98.1 Å². The van der Waals surface area contributed by atoms with E-state index in [1.54, 1.807) is 6.92 Å². The second-order valence-corrected chi connectivity index (χ2v) is 3.83. The maximum absolute atomic E-state index is 11.8. The van der Waals surface area contributed by atoms with Gasteiger partial charge in [-0.05, 0) is 19.1 Å². The van der Waals surface area contributed by atoms with Crippen LogP contribution in [0.25, 0.3) is 5.69 Å². The molecule has 20 heavy (non-hydrogen) atoms. The molecule has 1 aromatic heterocycles. The summed E-state index contributed by atoms with van der Waals surface area (Å²) in [6, 6.07) is 9.18. The van der Waals surface area contributed by atoms with Gasteiger partial charge in [0.1, 0.15) is 0 Å². The highest BCUT2D eigenvalue weighted by molar-refractivity contribution is 5.93. The number of carbonyl (C=O) groups excluding carboxylic acids is 2. The monoisotopic (exact) mass is 275 g/mol. The van der Waals surface area contributed by atoms with Crippen LogP contribution in [0.2, 0.25) is 0 Å². The van der Waals surface area contributed by atoms with E-state index in [0.29, 0.717) is 5.69 Å². The molecule has 2 amide bonds. The van der Waals surface area contributed by atoms with E-state index < -0.39 is 12.0 Å². The normalized spacial score (nSPS) is 9.90. The molecule has 0 unspecified atom stereocenters. The number of hydrogen-bond donors (Lipinski definition) is 2. The Bertz CT molecular complexity index is 623. The van der Waals surface area contributed by atoms with Gasteiger partial charge in [0, 0.05) is 0 Å². The van der Waals surface area contributed by atoms with Gasteiger partial charge in [-0.2, -0.15) is 9.90 Å². The fourth-order valence-electron chi connectivity index (χ4n) is 1.48. The molecule has 0 atom stereocenters. The number of nitrogens with zero attached hydrogens (tertiary/aromatic N) is 3. The van der Waals surface area contributed by atoms with Crippen LogP contribution in [0.1, 0.15) is 16.2 Å². The Morgan fingerprint density at radius 3 is 2.50 bits per heavy atom. The largest absolute Gasteiger partial charge is 0.452 e. The van der Waals surface area contributed by atoms with E-state index in [9.17, 15) is 9.59 Å². The van der Waals surface area contributed by atoms with E-state index in [2.05, 4.69) is 25.8 Å². The number of hydrazine groups is 1. The van der Waals surface area contributed by atoms with Gasteiger partial charge in [-0.1, -0.05) is 18.2 Å². The van der Waals surface area contributed by atoms with Gasteiger partial charge < -0.3 is 4.74 Å². The zero-order valence-electron chi connectivity index (χ0n) is 11.0. The Morgan fingerprint density at radius 2 is 1.85 bits per heavy atom. The summed E-state index contributed by atoms with van der Waals surface area (Å²) in [6.45, 7) is 1.65. The fourth-order valence-corrected chi connectivity index (χ4v) is 1.48. The van der Waals surface area contributed by atoms with E-state index in [0.717, 1.165) is 5.69 Å². The van der Waals surface area contributed by atoms with Crippen LogP contribution < -0.4 is 10.9 Å². The first-order valence-corrected chi connectivity index (χ1v) is 5.75. The average Bonchev–Trinajstić information content (AvgIpc) is 2.87. The smallest absolute Gasteiger partial charge is 0.425 e. The lowest BCUT2D eigenvalue weighted by Crippen LogP contribution is -2.41. The number of benzene rings is 1. The number of aryl methyl sites for hydroxylation is 1. The van der Waals surface area contributed by atoms with Crippen LogP contribution in [0.4, 0.5) is 4.79 Å². The number of nitrogens with one attached hydrogen (secondary N) is 2. The number of rotatable bonds is 2. The van der Waals surface area contributed by atoms with Gasteiger partial charge in [-0.25, -0.2) is 10.2 Å². The van der Waals surface area contributed by atoms with Gasteiger partial charge in [0.2, 0.25) is 0 Å². The molecule has 0 saturated heterocycles. The molecule has 0 aliphatic rings. The molecule has 104 valence electrons. The molecule has 2 N–H and O–H groups in total. The third kappa shape index (κ3) is 2.91. The lowest BCUT2D eigenvalue weighted by molar-refractivity contribution is 0.0914. The van der Waals surface area contributed by atoms with E-state index in [4.69, 9.17) is 0 Å². The average molecular weight is 275 g/mol. The molecule has 0 saturated carbocycles. The third-order valence-corrected chi connectivity index (χ3v) is 2.45. The summed E-state index contributed by atoms with van der Waals surface area (Å²) in [7, 11) is 1.19. The number of methoxy groups -OCH3 is 1. The standard InChI is InChI=1S/C12H13N5O3/c1-8-10(11(18)13-14-12(19)20-2)16-17(15-8)9-6-4-3-5-7-9/h3-7H,1-2H3,(H,13,18)(H,14,19). The Labute approximate surface area is 114 Å². The molecule has 0 aliphatic heterocycles. The van der Waals surface area contributed by atoms with Gasteiger partial charge in [-0.3, -0.25) is 10.2 Å². The van der Waals surface area contributed by atoms with Gasteiger partial charge >= 0.3 is 6.09 Å². The lowest BCUT2D eigenvalue weighted by Gasteiger charge is -2.03. The molecule has 1 heterocycles. The van der Waals surface area contributed by atoms with E-state index in [1.807, 2.05) is 30.3 Å². The molecule has 0 bridgehead atoms. The predicted octanol–water partition coefficient (Wildman–Crippen LogP) is 0.577. The van der Waals surface area contributed by atoms with Gasteiger partial charge in [-0.15, -0.1) is 5.10 Å². The van der Waals surface area contributed by atoms with Crippen molar-refractivity contribution in [2.75, 3.05) is 7.11 Å². The third-order valence-electron chi connectivity index (χ3n) is 2.45. The molecular formula is C12H13N5O3. The van der Waals surface area contributed by atoms with Crippen LogP contribution in [0.5, 0.6) is 0 Å². The molecular weight excluding hydrogens is 262 g/mol. The molecule has 8 nitrogen and oxygen atoms in total. The first kappa shape index (κ1) is 13.5. The van der Waals surface area contributed by atoms with Crippen LogP contribution in [-0.4, -0.2) is 34.1 Å². The lowest BCUT2D eigenvalue weighted by atomic mass is 10.3. The summed E-state index contributed by atoms with van der Waals surface area (Å²) in [4.78, 5) is 24.1. The van der Waals surface area contributed by atoms with E-state index in [1.165, 1.54) is 11.9 Å². The molecule has 2 rings (SSSR count). The van der Waals surface area contributed by atoms with Crippen molar-refractivity contribution in [1.29, 1.82) is 0 Å². The summed E-state index contributed by atoms with van der Waals surface area (Å²) in [6.07, 6.45) is -0.772. The van der Waals surface area contributed by atoms with Crippen LogP contribution in [0.15, 0.2) is 30.3 Å². The minimum Gasteiger partial charge on any atom is -0.452 e. The fraction of sp³-hybridized carbons (Fsp3) is 0.167. The van der Waals surface area contributed by atoms with Crippen molar-refractivity contribution in [1.82, 2.24) is 25.8 Å². The quantitative estimate of drug-likeness (QED) is 0.781. The Hall–Kier alpha value is -2.90. The van der Waals surface area contributed by atoms with Gasteiger partial charge in [0.25, 0.3) is 5.91 Å². The second-order valence-electron chi connectivity index (χ2n) is 3.83. The van der Waals surface area contributed by atoms with Crippen LogP contribution in [-0.2, 0) is 4.74 Å². The SMILES string of the molecule is COC(=O)NNC(=O)c1nn(-c2ccccc2)nc1C. The van der Waals surface area contributed by atoms with Gasteiger partial charge in [0.05, 0.1) is 18.5 Å². The summed E-state index contributed by atoms with van der Waals surface area (Å²) < 4.78 is 4.34. The molecule has 0 radical (unpaired) electrons. The Balaban J connectivity index is 2.15. The maximum atomic E-state index is 11.8. The number of ether oxygens (including phenoxy) is 1. The van der Waals surface area contributed by atoms with Crippen LogP contribution in [0, 0.1) is 6.92 Å². The second kappa shape index (κ2) is 5.83. The zero-order chi connectivity index (χ0) is 14.5. The van der Waals surface area contributed by atoms with Crippen molar-refractivity contribution in [3.8, 4) is 5.69 Å². The highest BCUT2D eigenvalue weighted by Gasteiger charge is 2.16. The summed E-state index contributed by atoms with van der Waals surface area (Å²) in [5.41, 5.74) is 5.54. The molecule has 0 spiro atoms. The highest BCUT2D eigenvalue weighted by atomic mass is 16.5. The first-order chi connectivity index (χ1) is 9.61. The molecule has 0 aliphatic carbocycles. The number of carbonyl (C=O) groups is 2. The molecule has 2 aromatic rings. The summed E-state index contributed by atoms with van der Waals surface area (Å²) in [5.74, 6) is -0.574. The predicted molar refractivity (Wildman–Crippen MR) is 69.1 cm³/mol. The van der Waals surface area contributed by atoms with Gasteiger partial charge in [0.15, 0.2) is 5.69 Å². The Morgan fingerprint density at radius 1 is 1.15 bits per heavy atom. The summed E-state index contributed by atoms with van der Waals surface area (Å²) in [5, 5.41) is 8.24. The number of aromatic nitrogens is 3. The first-order valence-electron chi connectivity index (χ1n) is 5.75. The van der Waals surface area contributed by atoms with E-state index >= 15 is 0 Å². The summed E-state index contributed by atoms with van der Waals surface area (Å²) >= 11 is 0. The molecule has 0 fully saturated rings. The minimum atomic E-state index is -0.772. The Kier molecular flexibility index (Phi) is 3.94. The zero-order valence-corrected chi connectivity index (χ0v) is 11.0. The molecule has 8 heteroatoms. The van der Waals surface area contributed by atoms with E-state index in [-0.39, 0.29) is 5.69 Å². The van der Waals surface area contributed by atoms with Crippen LogP contribution >= 0.6 is 0 Å². The van der Waals surface area contributed by atoms with Crippen molar-refractivity contribution in [3.63, 3.8) is 0 Å². The van der Waals surface area contributed by atoms with Crippen molar-refractivity contribution in [2.45, 2.75) is 6.92 Å². The maximum Gasteiger partial charge on any atom is 0.425 e.